The van der Waals surface area contributed by atoms with Gasteiger partial charge in [-0.25, -0.2) is 19.7 Å². The van der Waals surface area contributed by atoms with Gasteiger partial charge in [-0.1, -0.05) is 23.4 Å². The van der Waals surface area contributed by atoms with E-state index in [4.69, 9.17) is 25.8 Å². The van der Waals surface area contributed by atoms with Crippen molar-refractivity contribution in [1.82, 2.24) is 25.2 Å². The highest BCUT2D eigenvalue weighted by molar-refractivity contribution is 7.20. The van der Waals surface area contributed by atoms with Crippen molar-refractivity contribution in [2.45, 2.75) is 25.2 Å². The number of thiazole rings is 1. The first-order chi connectivity index (χ1) is 19.6. The predicted molar refractivity (Wildman–Crippen MR) is 155 cm³/mol. The number of rotatable bonds is 6. The Balaban J connectivity index is 1.08. The van der Waals surface area contributed by atoms with Gasteiger partial charge < -0.3 is 24.4 Å². The second-order valence-corrected chi connectivity index (χ2v) is 11.3. The van der Waals surface area contributed by atoms with Crippen molar-refractivity contribution in [3.63, 3.8) is 0 Å². The molecule has 2 N–H and O–H groups in total. The first kappa shape index (κ1) is 26.7. The van der Waals surface area contributed by atoms with Crippen LogP contribution >= 0.6 is 34.3 Å². The van der Waals surface area contributed by atoms with E-state index in [1.54, 1.807) is 16.5 Å². The normalized spacial score (nSPS) is 18.8. The molecule has 3 aromatic heterocycles. The summed E-state index contributed by atoms with van der Waals surface area (Å²) >= 11 is 9.50. The largest absolute Gasteiger partial charge is 0.486 e. The van der Waals surface area contributed by atoms with Crippen LogP contribution in [0.2, 0.25) is 5.02 Å². The number of ether oxygens (including phenoxy) is 3. The van der Waals surface area contributed by atoms with Crippen LogP contribution in [0.15, 0.2) is 41.5 Å². The molecule has 1 aromatic carbocycles. The lowest BCUT2D eigenvalue weighted by Crippen LogP contribution is -2.42. The van der Waals surface area contributed by atoms with Crippen LogP contribution in [0, 0.1) is 11.8 Å². The molecule has 0 bridgehead atoms. The van der Waals surface area contributed by atoms with E-state index in [1.165, 1.54) is 29.0 Å². The molecule has 10 nitrogen and oxygen atoms in total. The van der Waals surface area contributed by atoms with Gasteiger partial charge >= 0.3 is 6.09 Å². The lowest BCUT2D eigenvalue weighted by molar-refractivity contribution is 0.0156. The molecule has 5 heterocycles. The second-order valence-electron chi connectivity index (χ2n) is 9.16. The third kappa shape index (κ3) is 6.46. The number of hydrogen-bond acceptors (Lipinski definition) is 11. The minimum absolute atomic E-state index is 0.0604. The molecule has 2 fully saturated rings. The summed E-state index contributed by atoms with van der Waals surface area (Å²) in [5, 5.41) is 9.10. The van der Waals surface area contributed by atoms with Crippen LogP contribution in [-0.2, 0) is 16.1 Å². The van der Waals surface area contributed by atoms with Crippen molar-refractivity contribution >= 4 is 62.1 Å². The smallest absolute Gasteiger partial charge is 0.410 e. The molecule has 206 valence electrons. The Hall–Kier alpha value is -3.47. The number of aromatic nitrogens is 3. The number of fused-ring (bicyclic) bond motifs is 1. The molecule has 0 aliphatic carbocycles. The Morgan fingerprint density at radius 3 is 2.98 bits per heavy atom. The highest BCUT2D eigenvalue weighted by Crippen LogP contribution is 2.33. The van der Waals surface area contributed by atoms with E-state index >= 15 is 0 Å². The summed E-state index contributed by atoms with van der Waals surface area (Å²) in [6, 6.07) is 7.40. The van der Waals surface area contributed by atoms with Crippen LogP contribution < -0.4 is 15.4 Å². The number of morpholine rings is 1. The molecule has 0 spiro atoms. The van der Waals surface area contributed by atoms with Crippen LogP contribution in [-0.4, -0.2) is 70.9 Å². The van der Waals surface area contributed by atoms with Gasteiger partial charge in [-0.3, -0.25) is 5.32 Å². The average Bonchev–Trinajstić information content (AvgIpc) is 3.74. The molecule has 2 atom stereocenters. The third-order valence-electron chi connectivity index (χ3n) is 6.36. The lowest BCUT2D eigenvalue weighted by atomic mass is 10.2. The molecule has 2 saturated heterocycles. The molecule has 0 saturated carbocycles. The number of halogens is 1. The van der Waals surface area contributed by atoms with Crippen molar-refractivity contribution in [2.24, 2.45) is 0 Å². The fraction of sp³-hybridized carbons (Fsp3) is 0.333. The molecule has 0 radical (unpaired) electrons. The number of hydrogen-bond donors (Lipinski definition) is 2. The number of carbonyl (C=O) groups is 1. The zero-order chi connectivity index (χ0) is 27.3. The minimum Gasteiger partial charge on any atom is -0.486 e. The van der Waals surface area contributed by atoms with Crippen molar-refractivity contribution in [1.29, 1.82) is 0 Å². The van der Waals surface area contributed by atoms with Gasteiger partial charge in [0.1, 0.15) is 24.8 Å². The maximum Gasteiger partial charge on any atom is 0.410 e. The van der Waals surface area contributed by atoms with Gasteiger partial charge in [0.05, 0.1) is 50.6 Å². The Morgan fingerprint density at radius 2 is 2.15 bits per heavy atom. The maximum atomic E-state index is 12.4. The van der Waals surface area contributed by atoms with Crippen LogP contribution in [0.5, 0.6) is 5.75 Å². The van der Waals surface area contributed by atoms with Crippen LogP contribution in [0.1, 0.15) is 17.0 Å². The van der Waals surface area contributed by atoms with Gasteiger partial charge in [0.15, 0.2) is 5.82 Å². The van der Waals surface area contributed by atoms with Gasteiger partial charge in [0, 0.05) is 37.1 Å². The van der Waals surface area contributed by atoms with Gasteiger partial charge in [-0.15, -0.1) is 22.7 Å². The summed E-state index contributed by atoms with van der Waals surface area (Å²) in [5.41, 5.74) is 4.21. The Kier molecular flexibility index (Phi) is 8.27. The van der Waals surface area contributed by atoms with Crippen LogP contribution in [0.25, 0.3) is 10.2 Å². The number of carbonyl (C=O) groups excluding carboxylic acids is 1. The van der Waals surface area contributed by atoms with E-state index < -0.39 is 0 Å². The fourth-order valence-electron chi connectivity index (χ4n) is 4.32. The Labute approximate surface area is 243 Å². The minimum atomic E-state index is -0.286. The first-order valence-corrected chi connectivity index (χ1v) is 14.8. The summed E-state index contributed by atoms with van der Waals surface area (Å²) < 4.78 is 17.6. The highest BCUT2D eigenvalue weighted by Gasteiger charge is 2.28. The summed E-state index contributed by atoms with van der Waals surface area (Å²) in [6.07, 6.45) is 1.68. The van der Waals surface area contributed by atoms with Gasteiger partial charge in [-0.05, 0) is 24.3 Å². The molecule has 40 heavy (non-hydrogen) atoms. The third-order valence-corrected chi connectivity index (χ3v) is 8.34. The van der Waals surface area contributed by atoms with E-state index in [2.05, 4.69) is 37.4 Å². The molecular weight excluding hydrogens is 572 g/mol. The van der Waals surface area contributed by atoms with Gasteiger partial charge in [-0.2, -0.15) is 0 Å². The molecular formula is C27H25ClN6O4S2. The first-order valence-electron chi connectivity index (χ1n) is 12.7. The van der Waals surface area contributed by atoms with Crippen molar-refractivity contribution in [3.8, 4) is 17.6 Å². The summed E-state index contributed by atoms with van der Waals surface area (Å²) in [5.74, 6) is 7.77. The number of amides is 1. The van der Waals surface area contributed by atoms with Gasteiger partial charge in [0.25, 0.3) is 0 Å². The van der Waals surface area contributed by atoms with Crippen LogP contribution in [0.3, 0.4) is 0 Å². The lowest BCUT2D eigenvalue weighted by Gasteiger charge is -2.27. The van der Waals surface area contributed by atoms with Crippen molar-refractivity contribution in [2.75, 3.05) is 38.2 Å². The van der Waals surface area contributed by atoms with E-state index in [0.717, 1.165) is 26.5 Å². The van der Waals surface area contributed by atoms with E-state index in [9.17, 15) is 4.79 Å². The quantitative estimate of drug-likeness (QED) is 0.307. The molecule has 6 rings (SSSR count). The molecule has 4 aromatic rings. The molecule has 1 amide bonds. The number of thiophene rings is 1. The van der Waals surface area contributed by atoms with E-state index in [1.807, 2.05) is 23.6 Å². The predicted octanol–water partition coefficient (Wildman–Crippen LogP) is 4.67. The SMILES string of the molecule is O=C(O[C@H]1CN[C@H](C#Cc2cc3ncnc(Nc4ccc(OCc5cscn5)c(Cl)c4)c3s2)C1)N1CCOCC1. The molecule has 0 unspecified atom stereocenters. The van der Waals surface area contributed by atoms with E-state index in [0.29, 0.717) is 62.5 Å². The summed E-state index contributed by atoms with van der Waals surface area (Å²) in [6.45, 7) is 3.17. The standard InChI is InChI=1S/C27H25ClN6O4S2/c28-22-10-18(2-4-24(22)37-13-19-14-39-16-32-19)33-26-25-23(30-15-31-26)11-21(40-25)3-1-17-9-20(12-29-17)38-27(35)34-5-7-36-8-6-34/h2,4,10-11,14-17,20,29H,5-9,12-13H2,(H,30,31,33)/t17-,20-/m1/s1. The molecule has 13 heteroatoms. The van der Waals surface area contributed by atoms with E-state index in [-0.39, 0.29) is 18.2 Å². The number of nitrogens with one attached hydrogen (secondary N) is 2. The number of nitrogens with zero attached hydrogens (tertiary/aromatic N) is 4. The monoisotopic (exact) mass is 596 g/mol. The zero-order valence-electron chi connectivity index (χ0n) is 21.3. The van der Waals surface area contributed by atoms with Crippen LogP contribution in [0.4, 0.5) is 16.3 Å². The second kappa shape index (κ2) is 12.4. The Bertz CT molecular complexity index is 1550. The van der Waals surface area contributed by atoms with Crippen molar-refractivity contribution < 1.29 is 19.0 Å². The molecule has 2 aliphatic heterocycles. The average molecular weight is 597 g/mol. The van der Waals surface area contributed by atoms with Crippen molar-refractivity contribution in [3.05, 3.63) is 57.1 Å². The van der Waals surface area contributed by atoms with Gasteiger partial charge in [0.2, 0.25) is 0 Å². The fourth-order valence-corrected chi connectivity index (χ4v) is 6.02. The Morgan fingerprint density at radius 1 is 1.25 bits per heavy atom. The highest BCUT2D eigenvalue weighted by atomic mass is 35.5. The molecule has 2 aliphatic rings. The maximum absolute atomic E-state index is 12.4. The summed E-state index contributed by atoms with van der Waals surface area (Å²) in [4.78, 5) is 28.0. The summed E-state index contributed by atoms with van der Waals surface area (Å²) in [7, 11) is 0. The zero-order valence-corrected chi connectivity index (χ0v) is 23.7. The number of anilines is 2. The number of benzene rings is 1. The topological polar surface area (TPSA) is 111 Å².